The quantitative estimate of drug-likeness (QED) is 0.748. The molecule has 0 amide bonds. The molecule has 1 aliphatic rings. The molecule has 1 heteroatoms. The maximum atomic E-state index is 3.63. The fraction of sp³-hybridized carbons (Fsp3) is 0.538. The maximum Gasteiger partial charge on any atom is 0.0342 e. The molecule has 0 heterocycles. The van der Waals surface area contributed by atoms with E-state index >= 15 is 0 Å². The molecule has 1 saturated carbocycles. The summed E-state index contributed by atoms with van der Waals surface area (Å²) >= 11 is 0. The van der Waals surface area contributed by atoms with Crippen LogP contribution in [0.25, 0.3) is 0 Å². The van der Waals surface area contributed by atoms with Crippen molar-refractivity contribution in [2.24, 2.45) is 5.92 Å². The van der Waals surface area contributed by atoms with E-state index in [9.17, 15) is 0 Å². The highest BCUT2D eigenvalue weighted by Crippen LogP contribution is 2.26. The molecule has 0 aliphatic heterocycles. The lowest BCUT2D eigenvalue weighted by Gasteiger charge is -2.30. The molecule has 1 nitrogen and oxygen atoms in total. The number of anilines is 1. The van der Waals surface area contributed by atoms with Crippen LogP contribution in [-0.4, -0.2) is 6.04 Å². The molecule has 0 aromatic heterocycles. The summed E-state index contributed by atoms with van der Waals surface area (Å²) in [5.41, 5.74) is 1.27. The fourth-order valence-corrected chi connectivity index (χ4v) is 2.28. The number of benzene rings is 1. The highest BCUT2D eigenvalue weighted by molar-refractivity contribution is 5.43. The Labute approximate surface area is 86.5 Å². The van der Waals surface area contributed by atoms with Crippen molar-refractivity contribution in [1.82, 2.24) is 0 Å². The van der Waals surface area contributed by atoms with E-state index in [0.29, 0.717) is 6.04 Å². The number of hydrogen-bond acceptors (Lipinski definition) is 1. The average molecular weight is 189 g/mol. The summed E-state index contributed by atoms with van der Waals surface area (Å²) in [5, 5.41) is 3.63. The molecule has 14 heavy (non-hydrogen) atoms. The van der Waals surface area contributed by atoms with Crippen LogP contribution in [0.3, 0.4) is 0 Å². The lowest BCUT2D eigenvalue weighted by atomic mass is 9.86. The molecule has 1 aliphatic carbocycles. The van der Waals surface area contributed by atoms with Gasteiger partial charge in [0.15, 0.2) is 0 Å². The number of hydrogen-bond donors (Lipinski definition) is 1. The third-order valence-electron chi connectivity index (χ3n) is 3.24. The van der Waals surface area contributed by atoms with Gasteiger partial charge >= 0.3 is 0 Å². The molecule has 0 radical (unpaired) electrons. The van der Waals surface area contributed by atoms with Gasteiger partial charge in [-0.3, -0.25) is 0 Å². The van der Waals surface area contributed by atoms with Gasteiger partial charge in [-0.1, -0.05) is 38.0 Å². The summed E-state index contributed by atoms with van der Waals surface area (Å²) in [4.78, 5) is 0. The Kier molecular flexibility index (Phi) is 3.07. The molecule has 0 unspecified atom stereocenters. The highest BCUT2D eigenvalue weighted by atomic mass is 14.9. The van der Waals surface area contributed by atoms with Crippen LogP contribution in [0.2, 0.25) is 0 Å². The van der Waals surface area contributed by atoms with E-state index < -0.39 is 0 Å². The van der Waals surface area contributed by atoms with E-state index in [0.717, 1.165) is 5.92 Å². The third-order valence-corrected chi connectivity index (χ3v) is 3.24. The minimum atomic E-state index is 0.686. The predicted molar refractivity (Wildman–Crippen MR) is 61.5 cm³/mol. The van der Waals surface area contributed by atoms with Gasteiger partial charge in [0, 0.05) is 11.7 Å². The number of rotatable bonds is 2. The summed E-state index contributed by atoms with van der Waals surface area (Å²) in [5.74, 6) is 0.823. The van der Waals surface area contributed by atoms with Gasteiger partial charge in [0.2, 0.25) is 0 Å². The Morgan fingerprint density at radius 3 is 2.50 bits per heavy atom. The molecule has 0 spiro atoms. The van der Waals surface area contributed by atoms with Crippen molar-refractivity contribution in [3.63, 3.8) is 0 Å². The third kappa shape index (κ3) is 2.28. The lowest BCUT2D eigenvalue weighted by molar-refractivity contribution is 0.349. The average Bonchev–Trinajstić information content (AvgIpc) is 2.23. The zero-order valence-corrected chi connectivity index (χ0v) is 8.87. The van der Waals surface area contributed by atoms with Gasteiger partial charge in [-0.05, 0) is 30.9 Å². The van der Waals surface area contributed by atoms with Crippen molar-refractivity contribution in [3.8, 4) is 0 Å². The second-order valence-corrected chi connectivity index (χ2v) is 4.38. The Balaban J connectivity index is 1.96. The Bertz CT molecular complexity index is 268. The first-order chi connectivity index (χ1) is 6.86. The molecule has 0 bridgehead atoms. The monoisotopic (exact) mass is 189 g/mol. The molecule has 2 rings (SSSR count). The maximum absolute atomic E-state index is 3.63. The molecule has 2 atom stereocenters. The Morgan fingerprint density at radius 2 is 1.79 bits per heavy atom. The topological polar surface area (TPSA) is 12.0 Å². The van der Waals surface area contributed by atoms with E-state index in [1.807, 2.05) is 0 Å². The van der Waals surface area contributed by atoms with Crippen LogP contribution in [0.5, 0.6) is 0 Å². The van der Waals surface area contributed by atoms with Crippen LogP contribution in [0.15, 0.2) is 30.3 Å². The van der Waals surface area contributed by atoms with Crippen LogP contribution in [0, 0.1) is 5.92 Å². The number of nitrogens with one attached hydrogen (secondary N) is 1. The van der Waals surface area contributed by atoms with Crippen LogP contribution in [0.4, 0.5) is 5.69 Å². The van der Waals surface area contributed by atoms with E-state index in [2.05, 4.69) is 42.6 Å². The standard InChI is InChI=1S/C13H19N/c1-11-7-5-6-10-13(11)14-12-8-3-2-4-9-12/h2-4,8-9,11,13-14H,5-7,10H2,1H3/t11-,13+/m1/s1. The molecule has 1 aromatic carbocycles. The van der Waals surface area contributed by atoms with Gasteiger partial charge in [0.05, 0.1) is 0 Å². The molecule has 1 N–H and O–H groups in total. The van der Waals surface area contributed by atoms with E-state index in [1.165, 1.54) is 31.4 Å². The minimum Gasteiger partial charge on any atom is -0.382 e. The first kappa shape index (κ1) is 9.57. The molecule has 1 fully saturated rings. The fourth-order valence-electron chi connectivity index (χ4n) is 2.28. The van der Waals surface area contributed by atoms with E-state index in [4.69, 9.17) is 0 Å². The SMILES string of the molecule is C[C@@H]1CCCC[C@@H]1Nc1ccccc1. The van der Waals surface area contributed by atoms with Crippen LogP contribution in [-0.2, 0) is 0 Å². The van der Waals surface area contributed by atoms with Crippen molar-refractivity contribution in [1.29, 1.82) is 0 Å². The largest absolute Gasteiger partial charge is 0.382 e. The second kappa shape index (κ2) is 4.50. The summed E-state index contributed by atoms with van der Waals surface area (Å²) in [6, 6.07) is 11.2. The van der Waals surface area contributed by atoms with Crippen LogP contribution >= 0.6 is 0 Å². The van der Waals surface area contributed by atoms with E-state index in [-0.39, 0.29) is 0 Å². The van der Waals surface area contributed by atoms with Crippen LogP contribution in [0.1, 0.15) is 32.6 Å². The zero-order chi connectivity index (χ0) is 9.80. The van der Waals surface area contributed by atoms with Crippen molar-refractivity contribution in [2.45, 2.75) is 38.6 Å². The van der Waals surface area contributed by atoms with Gasteiger partial charge in [0.1, 0.15) is 0 Å². The summed E-state index contributed by atoms with van der Waals surface area (Å²) in [6.45, 7) is 2.36. The molecule has 76 valence electrons. The Hall–Kier alpha value is -0.980. The lowest BCUT2D eigenvalue weighted by Crippen LogP contribution is -2.30. The van der Waals surface area contributed by atoms with Gasteiger partial charge in [-0.2, -0.15) is 0 Å². The highest BCUT2D eigenvalue weighted by Gasteiger charge is 2.20. The first-order valence-corrected chi connectivity index (χ1v) is 5.68. The normalized spacial score (nSPS) is 27.2. The predicted octanol–water partition coefficient (Wildman–Crippen LogP) is 3.68. The summed E-state index contributed by atoms with van der Waals surface area (Å²) in [6.07, 6.45) is 5.50. The number of para-hydroxylation sites is 1. The molecular formula is C13H19N. The van der Waals surface area contributed by atoms with Gasteiger partial charge in [-0.25, -0.2) is 0 Å². The minimum absolute atomic E-state index is 0.686. The van der Waals surface area contributed by atoms with Crippen molar-refractivity contribution in [3.05, 3.63) is 30.3 Å². The van der Waals surface area contributed by atoms with Gasteiger partial charge in [-0.15, -0.1) is 0 Å². The smallest absolute Gasteiger partial charge is 0.0342 e. The van der Waals surface area contributed by atoms with Crippen molar-refractivity contribution in [2.75, 3.05) is 5.32 Å². The van der Waals surface area contributed by atoms with E-state index in [1.54, 1.807) is 0 Å². The molecule has 0 saturated heterocycles. The van der Waals surface area contributed by atoms with Crippen molar-refractivity contribution < 1.29 is 0 Å². The summed E-state index contributed by atoms with van der Waals surface area (Å²) in [7, 11) is 0. The van der Waals surface area contributed by atoms with Crippen molar-refractivity contribution >= 4 is 5.69 Å². The molecule has 1 aromatic rings. The van der Waals surface area contributed by atoms with Gasteiger partial charge < -0.3 is 5.32 Å². The zero-order valence-electron chi connectivity index (χ0n) is 8.87. The van der Waals surface area contributed by atoms with Gasteiger partial charge in [0.25, 0.3) is 0 Å². The Morgan fingerprint density at radius 1 is 1.07 bits per heavy atom. The first-order valence-electron chi connectivity index (χ1n) is 5.68. The summed E-state index contributed by atoms with van der Waals surface area (Å²) < 4.78 is 0. The second-order valence-electron chi connectivity index (χ2n) is 4.38. The van der Waals surface area contributed by atoms with Crippen LogP contribution < -0.4 is 5.32 Å². The molecular weight excluding hydrogens is 170 g/mol.